The highest BCUT2D eigenvalue weighted by molar-refractivity contribution is 7.89. The molecule has 0 radical (unpaired) electrons. The fraction of sp³-hybridized carbons (Fsp3) is 0.438. The lowest BCUT2D eigenvalue weighted by Crippen LogP contribution is -2.29. The highest BCUT2D eigenvalue weighted by atomic mass is 32.2. The molecule has 0 aromatic heterocycles. The van der Waals surface area contributed by atoms with Crippen LogP contribution in [0.15, 0.2) is 29.2 Å². The molecule has 0 saturated heterocycles. The van der Waals surface area contributed by atoms with E-state index in [1.165, 1.54) is 24.3 Å². The Morgan fingerprint density at radius 2 is 1.96 bits per heavy atom. The Kier molecular flexibility index (Phi) is 7.55. The molecule has 1 unspecified atom stereocenters. The maximum atomic E-state index is 12.5. The first-order valence-corrected chi connectivity index (χ1v) is 9.06. The third kappa shape index (κ3) is 4.88. The zero-order chi connectivity index (χ0) is 18.2. The molecule has 1 aromatic carbocycles. The van der Waals surface area contributed by atoms with E-state index in [0.29, 0.717) is 6.42 Å². The Morgan fingerprint density at radius 1 is 1.29 bits per heavy atom. The lowest BCUT2D eigenvalue weighted by molar-refractivity contribution is -0.144. The third-order valence-corrected chi connectivity index (χ3v) is 4.70. The van der Waals surface area contributed by atoms with Crippen LogP contribution in [0.1, 0.15) is 37.0 Å². The zero-order valence-electron chi connectivity index (χ0n) is 13.6. The van der Waals surface area contributed by atoms with Gasteiger partial charge in [0.2, 0.25) is 15.9 Å². The summed E-state index contributed by atoms with van der Waals surface area (Å²) in [5.74, 6) is -3.58. The summed E-state index contributed by atoms with van der Waals surface area (Å²) in [5.41, 5.74) is -0.207. The number of benzene rings is 1. The van der Waals surface area contributed by atoms with Crippen LogP contribution in [-0.4, -0.2) is 33.3 Å². The molecule has 0 saturated carbocycles. The molecule has 0 amide bonds. The number of unbranched alkanes of at least 4 members (excludes halogenated alkanes) is 1. The predicted molar refractivity (Wildman–Crippen MR) is 86.6 cm³/mol. The number of hydrogen-bond acceptors (Lipinski definition) is 6. The van der Waals surface area contributed by atoms with Crippen molar-refractivity contribution >= 4 is 21.8 Å². The summed E-state index contributed by atoms with van der Waals surface area (Å²) in [6.07, 6.45) is 1.46. The average Bonchev–Trinajstić information content (AvgIpc) is 2.56. The fourth-order valence-electron chi connectivity index (χ4n) is 1.97. The molecule has 130 valence electrons. The number of nitrogens with one attached hydrogen (secondary N) is 1. The fourth-order valence-corrected chi connectivity index (χ4v) is 3.25. The number of hydrogen-bond donors (Lipinski definition) is 1. The lowest BCUT2D eigenvalue weighted by Gasteiger charge is -2.12. The number of nitriles is 1. The number of rotatable bonds is 9. The van der Waals surface area contributed by atoms with Gasteiger partial charge in [-0.2, -0.15) is 5.26 Å². The van der Waals surface area contributed by atoms with Gasteiger partial charge in [0.05, 0.1) is 17.6 Å². The Labute approximate surface area is 141 Å². The molecule has 1 atom stereocenters. The van der Waals surface area contributed by atoms with Crippen molar-refractivity contribution in [1.82, 2.24) is 4.72 Å². The standard InChI is InChI=1S/C16H20N2O5S/c1-3-5-10-18-24(21,22)14-9-7-6-8-12(14)15(19)13(11-17)16(20)23-4-2/h6-9,13,18H,3-5,10H2,1-2H3. The van der Waals surface area contributed by atoms with E-state index in [9.17, 15) is 18.0 Å². The molecular formula is C16H20N2O5S. The van der Waals surface area contributed by atoms with E-state index in [2.05, 4.69) is 4.72 Å². The normalized spacial score (nSPS) is 12.2. The van der Waals surface area contributed by atoms with Crippen molar-refractivity contribution in [2.24, 2.45) is 5.92 Å². The van der Waals surface area contributed by atoms with Crippen molar-refractivity contribution in [3.8, 4) is 6.07 Å². The molecule has 1 rings (SSSR count). The second kappa shape index (κ2) is 9.15. The van der Waals surface area contributed by atoms with Crippen LogP contribution in [0.3, 0.4) is 0 Å². The summed E-state index contributed by atoms with van der Waals surface area (Å²) in [6.45, 7) is 3.72. The van der Waals surface area contributed by atoms with Gasteiger partial charge in [-0.3, -0.25) is 9.59 Å². The van der Waals surface area contributed by atoms with Crippen LogP contribution < -0.4 is 4.72 Å². The monoisotopic (exact) mass is 352 g/mol. The molecule has 0 aliphatic heterocycles. The molecule has 0 aliphatic carbocycles. The molecule has 0 fully saturated rings. The number of ketones is 1. The van der Waals surface area contributed by atoms with Gasteiger partial charge in [-0.25, -0.2) is 13.1 Å². The maximum absolute atomic E-state index is 12.5. The minimum Gasteiger partial charge on any atom is -0.465 e. The van der Waals surface area contributed by atoms with E-state index in [1.54, 1.807) is 13.0 Å². The second-order valence-electron chi connectivity index (χ2n) is 4.93. The summed E-state index contributed by atoms with van der Waals surface area (Å²) < 4.78 is 31.9. The molecule has 7 nitrogen and oxygen atoms in total. The minimum absolute atomic E-state index is 0.0167. The number of carbonyl (C=O) groups is 2. The van der Waals surface area contributed by atoms with Crippen LogP contribution in [0.25, 0.3) is 0 Å². The van der Waals surface area contributed by atoms with Gasteiger partial charge in [-0.15, -0.1) is 0 Å². The molecule has 1 aromatic rings. The Bertz CT molecular complexity index is 737. The molecule has 0 heterocycles. The number of esters is 1. The minimum atomic E-state index is -3.92. The molecule has 1 N–H and O–H groups in total. The molecule has 8 heteroatoms. The van der Waals surface area contributed by atoms with E-state index in [0.717, 1.165) is 6.42 Å². The number of nitrogens with zero attached hydrogens (tertiary/aromatic N) is 1. The number of Topliss-reactive ketones (excluding diaryl/α,β-unsaturated/α-hetero) is 1. The number of sulfonamides is 1. The van der Waals surface area contributed by atoms with E-state index in [1.807, 2.05) is 6.92 Å². The predicted octanol–water partition coefficient (Wildman–Crippen LogP) is 1.65. The van der Waals surface area contributed by atoms with Crippen LogP contribution in [0, 0.1) is 17.2 Å². The van der Waals surface area contributed by atoms with E-state index < -0.39 is 27.7 Å². The van der Waals surface area contributed by atoms with Crippen molar-refractivity contribution in [3.63, 3.8) is 0 Å². The van der Waals surface area contributed by atoms with E-state index in [4.69, 9.17) is 10.00 Å². The summed E-state index contributed by atoms with van der Waals surface area (Å²) in [7, 11) is -3.92. The van der Waals surface area contributed by atoms with Crippen LogP contribution >= 0.6 is 0 Å². The Balaban J connectivity index is 3.20. The molecule has 0 spiro atoms. The van der Waals surface area contributed by atoms with Crippen molar-refractivity contribution in [1.29, 1.82) is 5.26 Å². The van der Waals surface area contributed by atoms with Crippen LogP contribution in [-0.2, 0) is 19.6 Å². The second-order valence-corrected chi connectivity index (χ2v) is 6.66. The van der Waals surface area contributed by atoms with Gasteiger partial charge in [0.15, 0.2) is 5.78 Å². The first kappa shape index (κ1) is 19.8. The maximum Gasteiger partial charge on any atom is 0.331 e. The van der Waals surface area contributed by atoms with Gasteiger partial charge in [-0.1, -0.05) is 25.5 Å². The van der Waals surface area contributed by atoms with Crippen molar-refractivity contribution in [3.05, 3.63) is 29.8 Å². The van der Waals surface area contributed by atoms with Gasteiger partial charge in [0.25, 0.3) is 0 Å². The summed E-state index contributed by atoms with van der Waals surface area (Å²) >= 11 is 0. The largest absolute Gasteiger partial charge is 0.465 e. The SMILES string of the molecule is CCCCNS(=O)(=O)c1ccccc1C(=O)C(C#N)C(=O)OCC. The Hall–Kier alpha value is -2.24. The first-order chi connectivity index (χ1) is 11.4. The van der Waals surface area contributed by atoms with Crippen molar-refractivity contribution in [2.45, 2.75) is 31.6 Å². The topological polar surface area (TPSA) is 113 Å². The smallest absolute Gasteiger partial charge is 0.331 e. The van der Waals surface area contributed by atoms with Gasteiger partial charge < -0.3 is 4.74 Å². The molecule has 0 bridgehead atoms. The summed E-state index contributed by atoms with van der Waals surface area (Å²) in [6, 6.07) is 7.06. The molecule has 24 heavy (non-hydrogen) atoms. The van der Waals surface area contributed by atoms with Crippen LogP contribution in [0.2, 0.25) is 0 Å². The third-order valence-electron chi connectivity index (χ3n) is 3.18. The molecule has 0 aliphatic rings. The number of ether oxygens (including phenoxy) is 1. The zero-order valence-corrected chi connectivity index (χ0v) is 14.4. The van der Waals surface area contributed by atoms with Crippen LogP contribution in [0.4, 0.5) is 0 Å². The van der Waals surface area contributed by atoms with Gasteiger partial charge in [-0.05, 0) is 25.5 Å². The summed E-state index contributed by atoms with van der Waals surface area (Å²) in [4.78, 5) is 24.0. The van der Waals surface area contributed by atoms with E-state index in [-0.39, 0.29) is 23.6 Å². The van der Waals surface area contributed by atoms with E-state index >= 15 is 0 Å². The number of carbonyl (C=O) groups excluding carboxylic acids is 2. The van der Waals surface area contributed by atoms with Crippen LogP contribution in [0.5, 0.6) is 0 Å². The lowest BCUT2D eigenvalue weighted by atomic mass is 9.99. The van der Waals surface area contributed by atoms with Gasteiger partial charge in [0.1, 0.15) is 0 Å². The highest BCUT2D eigenvalue weighted by Crippen LogP contribution is 2.20. The summed E-state index contributed by atoms with van der Waals surface area (Å²) in [5, 5.41) is 9.09. The van der Waals surface area contributed by atoms with Gasteiger partial charge >= 0.3 is 5.97 Å². The van der Waals surface area contributed by atoms with Gasteiger partial charge in [0, 0.05) is 12.1 Å². The van der Waals surface area contributed by atoms with Crippen molar-refractivity contribution < 1.29 is 22.7 Å². The first-order valence-electron chi connectivity index (χ1n) is 7.58. The average molecular weight is 352 g/mol. The highest BCUT2D eigenvalue weighted by Gasteiger charge is 2.32. The quantitative estimate of drug-likeness (QED) is 0.313. The molecular weight excluding hydrogens is 332 g/mol. The Morgan fingerprint density at radius 3 is 2.54 bits per heavy atom. The van der Waals surface area contributed by atoms with Crippen molar-refractivity contribution in [2.75, 3.05) is 13.2 Å².